The SMILES string of the molecule is NC(Cc1cccc(Cl)c1)C1Cc2ccccc2S1. The molecule has 0 saturated carbocycles. The van der Waals surface area contributed by atoms with Gasteiger partial charge in [0.05, 0.1) is 0 Å². The lowest BCUT2D eigenvalue weighted by molar-refractivity contribution is 0.632. The van der Waals surface area contributed by atoms with Gasteiger partial charge >= 0.3 is 0 Å². The second kappa shape index (κ2) is 5.58. The van der Waals surface area contributed by atoms with Crippen LogP contribution in [-0.2, 0) is 12.8 Å². The van der Waals surface area contributed by atoms with E-state index in [9.17, 15) is 0 Å². The molecule has 0 spiro atoms. The molecular formula is C16H16ClNS. The zero-order chi connectivity index (χ0) is 13.2. The molecule has 1 aliphatic heterocycles. The van der Waals surface area contributed by atoms with Crippen molar-refractivity contribution >= 4 is 23.4 Å². The van der Waals surface area contributed by atoms with Gasteiger partial charge in [-0.2, -0.15) is 0 Å². The molecule has 3 rings (SSSR count). The second-order valence-corrected chi connectivity index (χ2v) is 6.68. The Bertz CT molecular complexity index is 559. The molecule has 1 nitrogen and oxygen atoms in total. The third-order valence-corrected chi connectivity index (χ3v) is 5.22. The molecule has 1 aliphatic rings. The first-order valence-electron chi connectivity index (χ1n) is 6.47. The fraction of sp³-hybridized carbons (Fsp3) is 0.250. The molecule has 0 aromatic heterocycles. The molecule has 2 aromatic rings. The first-order valence-corrected chi connectivity index (χ1v) is 7.73. The number of benzene rings is 2. The van der Waals surface area contributed by atoms with E-state index in [2.05, 4.69) is 30.3 Å². The Morgan fingerprint density at radius 3 is 2.84 bits per heavy atom. The van der Waals surface area contributed by atoms with Crippen molar-refractivity contribution in [3.8, 4) is 0 Å². The van der Waals surface area contributed by atoms with Crippen LogP contribution in [0.1, 0.15) is 11.1 Å². The fourth-order valence-corrected chi connectivity index (χ4v) is 4.05. The zero-order valence-electron chi connectivity index (χ0n) is 10.6. The minimum absolute atomic E-state index is 0.163. The van der Waals surface area contributed by atoms with Gasteiger partial charge in [0.1, 0.15) is 0 Å². The molecule has 0 radical (unpaired) electrons. The molecule has 2 unspecified atom stereocenters. The summed E-state index contributed by atoms with van der Waals surface area (Å²) >= 11 is 7.92. The predicted molar refractivity (Wildman–Crippen MR) is 82.9 cm³/mol. The van der Waals surface area contributed by atoms with Crippen molar-refractivity contribution in [1.29, 1.82) is 0 Å². The quantitative estimate of drug-likeness (QED) is 0.926. The summed E-state index contributed by atoms with van der Waals surface area (Å²) in [5.74, 6) is 0. The molecule has 2 aromatic carbocycles. The van der Waals surface area contributed by atoms with E-state index in [1.807, 2.05) is 30.0 Å². The summed E-state index contributed by atoms with van der Waals surface area (Å²) in [7, 11) is 0. The minimum atomic E-state index is 0.163. The van der Waals surface area contributed by atoms with Crippen LogP contribution in [0.2, 0.25) is 5.02 Å². The predicted octanol–water partition coefficient (Wildman–Crippen LogP) is 3.93. The third kappa shape index (κ3) is 2.97. The van der Waals surface area contributed by atoms with Gasteiger partial charge < -0.3 is 5.73 Å². The van der Waals surface area contributed by atoms with E-state index in [1.165, 1.54) is 16.0 Å². The zero-order valence-corrected chi connectivity index (χ0v) is 12.1. The molecule has 0 amide bonds. The highest BCUT2D eigenvalue weighted by Crippen LogP contribution is 2.38. The van der Waals surface area contributed by atoms with E-state index in [4.69, 9.17) is 17.3 Å². The Morgan fingerprint density at radius 1 is 1.21 bits per heavy atom. The van der Waals surface area contributed by atoms with Gasteiger partial charge in [0.25, 0.3) is 0 Å². The maximum atomic E-state index is 6.38. The van der Waals surface area contributed by atoms with Crippen molar-refractivity contribution in [2.75, 3.05) is 0 Å². The molecule has 3 heteroatoms. The normalized spacial score (nSPS) is 19.2. The van der Waals surface area contributed by atoms with Crippen LogP contribution >= 0.6 is 23.4 Å². The van der Waals surface area contributed by atoms with Crippen LogP contribution in [0.5, 0.6) is 0 Å². The van der Waals surface area contributed by atoms with E-state index in [0.717, 1.165) is 17.9 Å². The lowest BCUT2D eigenvalue weighted by Crippen LogP contribution is -2.34. The Morgan fingerprint density at radius 2 is 2.05 bits per heavy atom. The molecule has 0 fully saturated rings. The maximum absolute atomic E-state index is 6.38. The lowest BCUT2D eigenvalue weighted by Gasteiger charge is -2.18. The van der Waals surface area contributed by atoms with Crippen LogP contribution in [0, 0.1) is 0 Å². The summed E-state index contributed by atoms with van der Waals surface area (Å²) in [6.45, 7) is 0. The van der Waals surface area contributed by atoms with Crippen LogP contribution in [0.25, 0.3) is 0 Å². The van der Waals surface area contributed by atoms with Crippen LogP contribution in [0.4, 0.5) is 0 Å². The first kappa shape index (κ1) is 13.0. The van der Waals surface area contributed by atoms with E-state index in [-0.39, 0.29) is 6.04 Å². The second-order valence-electron chi connectivity index (χ2n) is 4.97. The smallest absolute Gasteiger partial charge is 0.0408 e. The molecule has 0 bridgehead atoms. The number of nitrogens with two attached hydrogens (primary N) is 1. The Balaban J connectivity index is 1.68. The lowest BCUT2D eigenvalue weighted by atomic mass is 10.00. The highest BCUT2D eigenvalue weighted by Gasteiger charge is 2.27. The van der Waals surface area contributed by atoms with Gasteiger partial charge in [-0.1, -0.05) is 41.9 Å². The maximum Gasteiger partial charge on any atom is 0.0408 e. The third-order valence-electron chi connectivity index (χ3n) is 3.51. The molecular weight excluding hydrogens is 274 g/mol. The van der Waals surface area contributed by atoms with E-state index >= 15 is 0 Å². The monoisotopic (exact) mass is 289 g/mol. The van der Waals surface area contributed by atoms with Gasteiger partial charge in [-0.05, 0) is 42.2 Å². The van der Waals surface area contributed by atoms with Crippen molar-refractivity contribution in [3.05, 3.63) is 64.7 Å². The molecule has 2 atom stereocenters. The van der Waals surface area contributed by atoms with E-state index in [0.29, 0.717) is 5.25 Å². The van der Waals surface area contributed by atoms with Gasteiger partial charge in [0, 0.05) is 21.2 Å². The van der Waals surface area contributed by atoms with Crippen molar-refractivity contribution in [2.24, 2.45) is 5.73 Å². The van der Waals surface area contributed by atoms with Gasteiger partial charge in [-0.3, -0.25) is 0 Å². The fourth-order valence-electron chi connectivity index (χ4n) is 2.52. The average Bonchev–Trinajstić information content (AvgIpc) is 2.82. The Kier molecular flexibility index (Phi) is 3.83. The molecule has 1 heterocycles. The van der Waals surface area contributed by atoms with Crippen molar-refractivity contribution < 1.29 is 0 Å². The average molecular weight is 290 g/mol. The summed E-state index contributed by atoms with van der Waals surface area (Å²) < 4.78 is 0. The number of hydrogen-bond acceptors (Lipinski definition) is 2. The highest BCUT2D eigenvalue weighted by atomic mass is 35.5. The molecule has 2 N–H and O–H groups in total. The topological polar surface area (TPSA) is 26.0 Å². The van der Waals surface area contributed by atoms with Gasteiger partial charge in [0.15, 0.2) is 0 Å². The number of thioether (sulfide) groups is 1. The minimum Gasteiger partial charge on any atom is -0.326 e. The summed E-state index contributed by atoms with van der Waals surface area (Å²) in [4.78, 5) is 1.38. The van der Waals surface area contributed by atoms with Crippen molar-refractivity contribution in [2.45, 2.75) is 29.0 Å². The van der Waals surface area contributed by atoms with Gasteiger partial charge in [0.2, 0.25) is 0 Å². The van der Waals surface area contributed by atoms with Crippen LogP contribution in [0.3, 0.4) is 0 Å². The standard InChI is InChI=1S/C16H16ClNS/c17-13-6-3-4-11(8-13)9-14(18)16-10-12-5-1-2-7-15(12)19-16/h1-8,14,16H,9-10,18H2. The van der Waals surface area contributed by atoms with Crippen molar-refractivity contribution in [1.82, 2.24) is 0 Å². The summed E-state index contributed by atoms with van der Waals surface area (Å²) in [5, 5.41) is 1.25. The molecule has 19 heavy (non-hydrogen) atoms. The van der Waals surface area contributed by atoms with Gasteiger partial charge in [-0.25, -0.2) is 0 Å². The number of halogens is 1. The summed E-state index contributed by atoms with van der Waals surface area (Å²) in [6, 6.07) is 16.7. The number of hydrogen-bond donors (Lipinski definition) is 1. The van der Waals surface area contributed by atoms with Crippen LogP contribution < -0.4 is 5.73 Å². The van der Waals surface area contributed by atoms with E-state index in [1.54, 1.807) is 0 Å². The Hall–Kier alpha value is -0.960. The largest absolute Gasteiger partial charge is 0.326 e. The van der Waals surface area contributed by atoms with Crippen LogP contribution in [0.15, 0.2) is 53.4 Å². The van der Waals surface area contributed by atoms with Crippen molar-refractivity contribution in [3.63, 3.8) is 0 Å². The Labute approximate surface area is 123 Å². The van der Waals surface area contributed by atoms with Crippen LogP contribution in [-0.4, -0.2) is 11.3 Å². The summed E-state index contributed by atoms with van der Waals surface area (Å²) in [6.07, 6.45) is 1.95. The molecule has 98 valence electrons. The van der Waals surface area contributed by atoms with E-state index < -0.39 is 0 Å². The first-order chi connectivity index (χ1) is 9.22. The number of fused-ring (bicyclic) bond motifs is 1. The van der Waals surface area contributed by atoms with Gasteiger partial charge in [-0.15, -0.1) is 11.8 Å². The molecule has 0 aliphatic carbocycles. The number of rotatable bonds is 3. The molecule has 0 saturated heterocycles. The highest BCUT2D eigenvalue weighted by molar-refractivity contribution is 8.00. The summed E-state index contributed by atoms with van der Waals surface area (Å²) in [5.41, 5.74) is 9.03.